The predicted octanol–water partition coefficient (Wildman–Crippen LogP) is 3.05. The van der Waals surface area contributed by atoms with Crippen LogP contribution in [0.3, 0.4) is 0 Å². The van der Waals surface area contributed by atoms with Gasteiger partial charge in [-0.15, -0.1) is 0 Å². The second kappa shape index (κ2) is 6.84. The summed E-state index contributed by atoms with van der Waals surface area (Å²) >= 11 is 0. The Hall–Kier alpha value is -2.86. The number of hydrogen-bond acceptors (Lipinski definition) is 4. The van der Waals surface area contributed by atoms with Gasteiger partial charge in [0.1, 0.15) is 5.65 Å². The minimum Gasteiger partial charge on any atom is -0.368 e. The molecule has 0 bridgehead atoms. The normalized spacial score (nSPS) is 18.0. The van der Waals surface area contributed by atoms with E-state index in [9.17, 15) is 4.79 Å². The van der Waals surface area contributed by atoms with Gasteiger partial charge in [-0.05, 0) is 63.7 Å². The zero-order valence-electron chi connectivity index (χ0n) is 18.1. The average molecular weight is 404 g/mol. The number of aryl methyl sites for hydroxylation is 2. The van der Waals surface area contributed by atoms with Crippen LogP contribution in [-0.2, 0) is 12.6 Å². The van der Waals surface area contributed by atoms with E-state index in [1.807, 2.05) is 30.8 Å². The molecule has 1 amide bonds. The molecule has 30 heavy (non-hydrogen) atoms. The van der Waals surface area contributed by atoms with Gasteiger partial charge in [-0.2, -0.15) is 0 Å². The highest BCUT2D eigenvalue weighted by Gasteiger charge is 2.47. The van der Waals surface area contributed by atoms with E-state index in [1.165, 1.54) is 5.56 Å². The van der Waals surface area contributed by atoms with Gasteiger partial charge in [0.2, 0.25) is 0 Å². The summed E-state index contributed by atoms with van der Waals surface area (Å²) in [5, 5.41) is 4.49. The van der Waals surface area contributed by atoms with E-state index in [0.29, 0.717) is 6.04 Å². The van der Waals surface area contributed by atoms with E-state index >= 15 is 0 Å². The van der Waals surface area contributed by atoms with Crippen LogP contribution < -0.4 is 10.2 Å². The summed E-state index contributed by atoms with van der Waals surface area (Å²) in [4.78, 5) is 22.4. The largest absolute Gasteiger partial charge is 0.368 e. The quantitative estimate of drug-likeness (QED) is 0.711. The number of carbonyl (C=O) groups excluding carboxylic acids is 1. The SMILES string of the molecule is Cc1ccc(N2CC(N(C)C)C2)cc1C(=O)NC1(c2cn(C)c3ncccc23)CC1. The molecule has 2 aromatic heterocycles. The Labute approximate surface area is 177 Å². The summed E-state index contributed by atoms with van der Waals surface area (Å²) < 4.78 is 2.05. The summed E-state index contributed by atoms with van der Waals surface area (Å²) in [6.07, 6.45) is 5.86. The molecular formula is C24H29N5O. The molecule has 6 nitrogen and oxygen atoms in total. The first-order valence-corrected chi connectivity index (χ1v) is 10.6. The second-order valence-corrected chi connectivity index (χ2v) is 9.09. The smallest absolute Gasteiger partial charge is 0.252 e. The van der Waals surface area contributed by atoms with Gasteiger partial charge in [0.25, 0.3) is 5.91 Å². The van der Waals surface area contributed by atoms with Gasteiger partial charge in [0.15, 0.2) is 0 Å². The maximum Gasteiger partial charge on any atom is 0.252 e. The van der Waals surface area contributed by atoms with Crippen molar-refractivity contribution in [3.63, 3.8) is 0 Å². The van der Waals surface area contributed by atoms with E-state index in [0.717, 1.165) is 53.8 Å². The topological polar surface area (TPSA) is 53.4 Å². The maximum absolute atomic E-state index is 13.3. The fraction of sp³-hybridized carbons (Fsp3) is 0.417. The van der Waals surface area contributed by atoms with Gasteiger partial charge >= 0.3 is 0 Å². The lowest BCUT2D eigenvalue weighted by atomic mass is 10.0. The second-order valence-electron chi connectivity index (χ2n) is 9.09. The lowest BCUT2D eigenvalue weighted by Gasteiger charge is -2.44. The van der Waals surface area contributed by atoms with Crippen LogP contribution in [0.5, 0.6) is 0 Å². The first kappa shape index (κ1) is 19.1. The summed E-state index contributed by atoms with van der Waals surface area (Å²) in [7, 11) is 6.25. The van der Waals surface area contributed by atoms with Gasteiger partial charge < -0.3 is 19.7 Å². The summed E-state index contributed by atoms with van der Waals surface area (Å²) in [5.74, 6) is 0.0115. The fourth-order valence-corrected chi connectivity index (χ4v) is 4.51. The lowest BCUT2D eigenvalue weighted by molar-refractivity contribution is 0.0930. The number of pyridine rings is 1. The molecule has 0 radical (unpaired) electrons. The van der Waals surface area contributed by atoms with Crippen molar-refractivity contribution in [2.45, 2.75) is 31.3 Å². The number of anilines is 1. The molecule has 3 aromatic rings. The maximum atomic E-state index is 13.3. The first-order valence-electron chi connectivity index (χ1n) is 10.6. The highest BCUT2D eigenvalue weighted by atomic mass is 16.1. The van der Waals surface area contributed by atoms with Crippen LogP contribution >= 0.6 is 0 Å². The van der Waals surface area contributed by atoms with Gasteiger partial charge in [-0.25, -0.2) is 4.98 Å². The molecule has 1 aromatic carbocycles. The van der Waals surface area contributed by atoms with E-state index in [4.69, 9.17) is 0 Å². The molecule has 1 N–H and O–H groups in total. The number of benzene rings is 1. The van der Waals surface area contributed by atoms with Gasteiger partial charge in [-0.3, -0.25) is 4.79 Å². The van der Waals surface area contributed by atoms with Crippen LogP contribution in [0.1, 0.15) is 34.3 Å². The van der Waals surface area contributed by atoms with Crippen molar-refractivity contribution in [3.8, 4) is 0 Å². The number of likely N-dealkylation sites (N-methyl/N-ethyl adjacent to an activating group) is 1. The Morgan fingerprint density at radius 2 is 2.00 bits per heavy atom. The van der Waals surface area contributed by atoms with Crippen LogP contribution in [0.15, 0.2) is 42.7 Å². The minimum atomic E-state index is -0.283. The molecule has 0 atom stereocenters. The minimum absolute atomic E-state index is 0.0115. The van der Waals surface area contributed by atoms with Crippen molar-refractivity contribution in [1.82, 2.24) is 19.8 Å². The van der Waals surface area contributed by atoms with Crippen molar-refractivity contribution in [1.29, 1.82) is 0 Å². The number of aromatic nitrogens is 2. The van der Waals surface area contributed by atoms with Gasteiger partial charge in [0.05, 0.1) is 5.54 Å². The molecule has 1 aliphatic carbocycles. The predicted molar refractivity (Wildman–Crippen MR) is 120 cm³/mol. The summed E-state index contributed by atoms with van der Waals surface area (Å²) in [6, 6.07) is 10.9. The number of nitrogens with one attached hydrogen (secondary N) is 1. The fourth-order valence-electron chi connectivity index (χ4n) is 4.51. The number of fused-ring (bicyclic) bond motifs is 1. The average Bonchev–Trinajstić information content (AvgIpc) is 3.37. The zero-order valence-corrected chi connectivity index (χ0v) is 18.1. The van der Waals surface area contributed by atoms with Crippen LogP contribution in [0.25, 0.3) is 11.0 Å². The van der Waals surface area contributed by atoms with Crippen molar-refractivity contribution in [3.05, 3.63) is 59.4 Å². The molecule has 1 aliphatic heterocycles. The molecular weight excluding hydrogens is 374 g/mol. The molecule has 6 heteroatoms. The lowest BCUT2D eigenvalue weighted by Crippen LogP contribution is -2.57. The van der Waals surface area contributed by atoms with Crippen LogP contribution in [0.4, 0.5) is 5.69 Å². The molecule has 0 spiro atoms. The summed E-state index contributed by atoms with van der Waals surface area (Å²) in [6.45, 7) is 4.02. The molecule has 0 unspecified atom stereocenters. The third-order valence-corrected chi connectivity index (χ3v) is 6.78. The number of hydrogen-bond donors (Lipinski definition) is 1. The molecule has 2 fully saturated rings. The molecule has 156 valence electrons. The standard InChI is InChI=1S/C24H29N5O/c1-16-7-8-17(29-13-18(14-29)27(2)3)12-20(16)23(30)26-24(9-10-24)21-15-28(4)22-19(21)6-5-11-25-22/h5-8,11-12,15,18H,9-10,13-14H2,1-4H3,(H,26,30). The Bertz CT molecular complexity index is 1120. The number of rotatable bonds is 5. The van der Waals surface area contributed by atoms with E-state index in [2.05, 4.69) is 64.7 Å². The highest BCUT2D eigenvalue weighted by molar-refractivity contribution is 5.98. The Morgan fingerprint density at radius 3 is 2.70 bits per heavy atom. The number of nitrogens with zero attached hydrogens (tertiary/aromatic N) is 4. The molecule has 5 rings (SSSR count). The van der Waals surface area contributed by atoms with E-state index in [1.54, 1.807) is 0 Å². The van der Waals surface area contributed by atoms with Gasteiger partial charge in [-0.1, -0.05) is 6.07 Å². The van der Waals surface area contributed by atoms with Crippen LogP contribution in [0, 0.1) is 6.92 Å². The third-order valence-electron chi connectivity index (χ3n) is 6.78. The molecule has 2 aliphatic rings. The molecule has 1 saturated carbocycles. The summed E-state index contributed by atoms with van der Waals surface area (Å²) in [5.41, 5.74) is 4.76. The molecule has 1 saturated heterocycles. The number of carbonyl (C=O) groups is 1. The monoisotopic (exact) mass is 403 g/mol. The van der Waals surface area contributed by atoms with Crippen molar-refractivity contribution < 1.29 is 4.79 Å². The van der Waals surface area contributed by atoms with Crippen molar-refractivity contribution in [2.24, 2.45) is 7.05 Å². The Kier molecular flexibility index (Phi) is 4.36. The van der Waals surface area contributed by atoms with E-state index in [-0.39, 0.29) is 11.4 Å². The number of amides is 1. The van der Waals surface area contributed by atoms with Crippen LogP contribution in [0.2, 0.25) is 0 Å². The Morgan fingerprint density at radius 1 is 1.23 bits per heavy atom. The van der Waals surface area contributed by atoms with Gasteiger partial charge in [0, 0.05) is 60.8 Å². The first-order chi connectivity index (χ1) is 14.4. The zero-order chi connectivity index (χ0) is 21.0. The van der Waals surface area contributed by atoms with Crippen molar-refractivity contribution in [2.75, 3.05) is 32.1 Å². The molecule has 3 heterocycles. The highest BCUT2D eigenvalue weighted by Crippen LogP contribution is 2.48. The third kappa shape index (κ3) is 3.06. The van der Waals surface area contributed by atoms with Crippen molar-refractivity contribution >= 4 is 22.6 Å². The Balaban J connectivity index is 1.40. The van der Waals surface area contributed by atoms with E-state index < -0.39 is 0 Å². The van der Waals surface area contributed by atoms with Crippen LogP contribution in [-0.4, -0.2) is 53.6 Å².